The molecule has 1 aliphatic heterocycles. The quantitative estimate of drug-likeness (QED) is 0.719. The van der Waals surface area contributed by atoms with Crippen molar-refractivity contribution in [2.45, 2.75) is 19.9 Å². The van der Waals surface area contributed by atoms with Crippen molar-refractivity contribution in [2.75, 3.05) is 5.32 Å². The Labute approximate surface area is 124 Å². The SMILES string of the molecule is CC(C)NC1=C(N=N)c2ccccc2Nc2ccccc21. The molecule has 4 heteroatoms. The summed E-state index contributed by atoms with van der Waals surface area (Å²) < 4.78 is 0. The fourth-order valence-corrected chi connectivity index (χ4v) is 2.57. The van der Waals surface area contributed by atoms with Gasteiger partial charge >= 0.3 is 0 Å². The molecule has 0 spiro atoms. The summed E-state index contributed by atoms with van der Waals surface area (Å²) in [7, 11) is 0. The van der Waals surface area contributed by atoms with Crippen LogP contribution in [0.2, 0.25) is 0 Å². The van der Waals surface area contributed by atoms with Crippen molar-refractivity contribution in [3.05, 3.63) is 59.7 Å². The fraction of sp³-hybridized carbons (Fsp3) is 0.176. The molecule has 1 aliphatic rings. The Morgan fingerprint density at radius 3 is 2.14 bits per heavy atom. The molecule has 4 nitrogen and oxygen atoms in total. The molecule has 0 fully saturated rings. The van der Waals surface area contributed by atoms with E-state index in [1.807, 2.05) is 48.5 Å². The summed E-state index contributed by atoms with van der Waals surface area (Å²) in [6, 6.07) is 16.3. The third-order valence-corrected chi connectivity index (χ3v) is 3.43. The number of fused-ring (bicyclic) bond motifs is 2. The zero-order chi connectivity index (χ0) is 14.8. The first kappa shape index (κ1) is 13.4. The fourth-order valence-electron chi connectivity index (χ4n) is 2.57. The van der Waals surface area contributed by atoms with E-state index in [4.69, 9.17) is 5.53 Å². The molecule has 0 unspecified atom stereocenters. The Morgan fingerprint density at radius 2 is 1.52 bits per heavy atom. The lowest BCUT2D eigenvalue weighted by Gasteiger charge is -2.17. The lowest BCUT2D eigenvalue weighted by molar-refractivity contribution is 0.717. The van der Waals surface area contributed by atoms with Gasteiger partial charge in [-0.2, -0.15) is 5.11 Å². The standard InChI is InChI=1S/C17H18N4/c1-11(2)19-16-12-7-3-5-9-14(12)20-15-10-6-4-8-13(15)17(16)21-18/h3-11,18-20H,1-2H3. The van der Waals surface area contributed by atoms with E-state index in [-0.39, 0.29) is 6.04 Å². The number of nitrogens with zero attached hydrogens (tertiary/aromatic N) is 1. The molecule has 3 rings (SSSR count). The zero-order valence-corrected chi connectivity index (χ0v) is 12.1. The van der Waals surface area contributed by atoms with Gasteiger partial charge in [0.05, 0.1) is 5.70 Å². The molecule has 0 saturated carbocycles. The molecule has 0 aromatic heterocycles. The number of benzene rings is 2. The van der Waals surface area contributed by atoms with Crippen LogP contribution in [0.25, 0.3) is 11.4 Å². The predicted octanol–water partition coefficient (Wildman–Crippen LogP) is 4.60. The first-order chi connectivity index (χ1) is 10.2. The topological polar surface area (TPSA) is 60.3 Å². The lowest BCUT2D eigenvalue weighted by Crippen LogP contribution is -2.22. The molecular formula is C17H18N4. The minimum absolute atomic E-state index is 0.259. The van der Waals surface area contributed by atoms with Crippen molar-refractivity contribution < 1.29 is 0 Å². The Morgan fingerprint density at radius 1 is 0.952 bits per heavy atom. The van der Waals surface area contributed by atoms with Crippen molar-refractivity contribution in [3.8, 4) is 0 Å². The number of anilines is 2. The maximum atomic E-state index is 7.64. The van der Waals surface area contributed by atoms with Gasteiger partial charge < -0.3 is 10.6 Å². The van der Waals surface area contributed by atoms with E-state index in [0.29, 0.717) is 5.70 Å². The molecule has 21 heavy (non-hydrogen) atoms. The summed E-state index contributed by atoms with van der Waals surface area (Å²) in [5, 5.41) is 10.7. The largest absolute Gasteiger partial charge is 0.381 e. The van der Waals surface area contributed by atoms with Crippen molar-refractivity contribution in [1.29, 1.82) is 5.53 Å². The second-order valence-corrected chi connectivity index (χ2v) is 5.35. The molecule has 0 amide bonds. The summed E-state index contributed by atoms with van der Waals surface area (Å²) >= 11 is 0. The van der Waals surface area contributed by atoms with Crippen LogP contribution < -0.4 is 10.6 Å². The summed E-state index contributed by atoms with van der Waals surface area (Å²) in [5.41, 5.74) is 13.2. The van der Waals surface area contributed by atoms with Crippen molar-refractivity contribution in [2.24, 2.45) is 5.11 Å². The highest BCUT2D eigenvalue weighted by Gasteiger charge is 2.21. The minimum atomic E-state index is 0.259. The van der Waals surface area contributed by atoms with E-state index in [1.165, 1.54) is 0 Å². The second kappa shape index (κ2) is 5.40. The number of rotatable bonds is 3. The molecule has 0 radical (unpaired) electrons. The van der Waals surface area contributed by atoms with Gasteiger partial charge in [0, 0.05) is 28.5 Å². The van der Waals surface area contributed by atoms with Gasteiger partial charge in [0.1, 0.15) is 5.70 Å². The van der Waals surface area contributed by atoms with Crippen LogP contribution >= 0.6 is 0 Å². The van der Waals surface area contributed by atoms with Crippen LogP contribution in [0.3, 0.4) is 0 Å². The molecule has 2 aromatic rings. The molecule has 0 aliphatic carbocycles. The van der Waals surface area contributed by atoms with Gasteiger partial charge in [-0.1, -0.05) is 36.4 Å². The third kappa shape index (κ3) is 2.40. The highest BCUT2D eigenvalue weighted by atomic mass is 15.0. The van der Waals surface area contributed by atoms with Crippen LogP contribution in [0.4, 0.5) is 11.4 Å². The van der Waals surface area contributed by atoms with Gasteiger partial charge in [-0.25, -0.2) is 5.53 Å². The molecule has 0 atom stereocenters. The van der Waals surface area contributed by atoms with Crippen LogP contribution in [0.5, 0.6) is 0 Å². The number of hydrogen-bond donors (Lipinski definition) is 3. The van der Waals surface area contributed by atoms with E-state index >= 15 is 0 Å². The van der Waals surface area contributed by atoms with Gasteiger partial charge in [0.15, 0.2) is 0 Å². The minimum Gasteiger partial charge on any atom is -0.381 e. The Kier molecular flexibility index (Phi) is 3.44. The van der Waals surface area contributed by atoms with Crippen molar-refractivity contribution >= 4 is 22.8 Å². The van der Waals surface area contributed by atoms with Gasteiger partial charge in [0.2, 0.25) is 0 Å². The van der Waals surface area contributed by atoms with E-state index < -0.39 is 0 Å². The van der Waals surface area contributed by atoms with Crippen LogP contribution in [-0.2, 0) is 0 Å². The smallest absolute Gasteiger partial charge is 0.118 e. The zero-order valence-electron chi connectivity index (χ0n) is 12.1. The maximum absolute atomic E-state index is 7.64. The molecule has 0 saturated heterocycles. The molecular weight excluding hydrogens is 260 g/mol. The Hall–Kier alpha value is -2.62. The van der Waals surface area contributed by atoms with Gasteiger partial charge in [-0.05, 0) is 26.0 Å². The maximum Gasteiger partial charge on any atom is 0.118 e. The van der Waals surface area contributed by atoms with E-state index in [1.54, 1.807) is 0 Å². The van der Waals surface area contributed by atoms with Crippen LogP contribution in [-0.4, -0.2) is 6.04 Å². The van der Waals surface area contributed by atoms with Crippen LogP contribution in [0.15, 0.2) is 53.6 Å². The molecule has 106 valence electrons. The van der Waals surface area contributed by atoms with E-state index in [9.17, 15) is 0 Å². The van der Waals surface area contributed by atoms with Crippen molar-refractivity contribution in [1.82, 2.24) is 5.32 Å². The highest BCUT2D eigenvalue weighted by molar-refractivity contribution is 5.99. The summed E-state index contributed by atoms with van der Waals surface area (Å²) in [6.45, 7) is 4.17. The molecule has 0 bridgehead atoms. The van der Waals surface area contributed by atoms with E-state index in [2.05, 4.69) is 29.6 Å². The van der Waals surface area contributed by atoms with Crippen LogP contribution in [0, 0.1) is 5.53 Å². The normalized spacial score (nSPS) is 13.1. The first-order valence-electron chi connectivity index (χ1n) is 7.05. The summed E-state index contributed by atoms with van der Waals surface area (Å²) in [6.07, 6.45) is 0. The Balaban J connectivity index is 2.31. The van der Waals surface area contributed by atoms with Gasteiger partial charge in [0.25, 0.3) is 0 Å². The van der Waals surface area contributed by atoms with Crippen LogP contribution in [0.1, 0.15) is 25.0 Å². The average molecular weight is 278 g/mol. The summed E-state index contributed by atoms with van der Waals surface area (Å²) in [4.78, 5) is 0. The third-order valence-electron chi connectivity index (χ3n) is 3.43. The first-order valence-corrected chi connectivity index (χ1v) is 7.05. The molecule has 2 aromatic carbocycles. The van der Waals surface area contributed by atoms with Crippen molar-refractivity contribution in [3.63, 3.8) is 0 Å². The molecule has 1 heterocycles. The second-order valence-electron chi connectivity index (χ2n) is 5.35. The Bertz CT molecular complexity index is 716. The highest BCUT2D eigenvalue weighted by Crippen LogP contribution is 2.39. The van der Waals surface area contributed by atoms with Gasteiger partial charge in [-0.15, -0.1) is 0 Å². The number of hydrogen-bond acceptors (Lipinski definition) is 4. The van der Waals surface area contributed by atoms with Gasteiger partial charge in [-0.3, -0.25) is 0 Å². The molecule has 3 N–H and O–H groups in total. The predicted molar refractivity (Wildman–Crippen MR) is 86.4 cm³/mol. The number of para-hydroxylation sites is 2. The summed E-state index contributed by atoms with van der Waals surface area (Å²) in [5.74, 6) is 0. The average Bonchev–Trinajstić information content (AvgIpc) is 2.61. The van der Waals surface area contributed by atoms with E-state index in [0.717, 1.165) is 28.2 Å². The monoisotopic (exact) mass is 278 g/mol. The lowest BCUT2D eigenvalue weighted by atomic mass is 10.0. The number of nitrogens with one attached hydrogen (secondary N) is 3.